The van der Waals surface area contributed by atoms with Gasteiger partial charge in [-0.05, 0) is 48.8 Å². The van der Waals surface area contributed by atoms with Crippen LogP contribution in [0.4, 0.5) is 0 Å². The third-order valence-corrected chi connectivity index (χ3v) is 9.46. The van der Waals surface area contributed by atoms with Gasteiger partial charge in [0.05, 0.1) is 12.7 Å². The van der Waals surface area contributed by atoms with Gasteiger partial charge in [-0.2, -0.15) is 0 Å². The largest absolute Gasteiger partial charge is 0.394 e. The first kappa shape index (κ1) is 28.6. The van der Waals surface area contributed by atoms with Crippen LogP contribution >= 0.6 is 7.92 Å². The minimum absolute atomic E-state index is 0.127. The first-order valence-electron chi connectivity index (χ1n) is 13.5. The van der Waals surface area contributed by atoms with E-state index in [2.05, 4.69) is 40.6 Å². The van der Waals surface area contributed by atoms with E-state index in [1.807, 2.05) is 48.5 Å². The van der Waals surface area contributed by atoms with Crippen molar-refractivity contribution in [3.8, 4) is 0 Å². The van der Waals surface area contributed by atoms with Crippen molar-refractivity contribution >= 4 is 29.7 Å². The van der Waals surface area contributed by atoms with Gasteiger partial charge in [0.15, 0.2) is 0 Å². The van der Waals surface area contributed by atoms with Crippen molar-refractivity contribution in [2.75, 3.05) is 13.2 Å². The molecular weight excluding hydrogens is 541 g/mol. The van der Waals surface area contributed by atoms with Gasteiger partial charge < -0.3 is 20.3 Å². The van der Waals surface area contributed by atoms with Crippen LogP contribution in [0.1, 0.15) is 35.0 Å². The molecule has 9 nitrogen and oxygen atoms in total. The molecule has 1 aliphatic rings. The second kappa shape index (κ2) is 13.2. The second-order valence-corrected chi connectivity index (χ2v) is 12.1. The van der Waals surface area contributed by atoms with Gasteiger partial charge in [-0.3, -0.25) is 19.1 Å². The number of hydrogen-bond acceptors (Lipinski definition) is 6. The van der Waals surface area contributed by atoms with E-state index in [9.17, 15) is 24.6 Å². The molecule has 0 saturated carbocycles. The van der Waals surface area contributed by atoms with Crippen molar-refractivity contribution in [3.05, 3.63) is 123 Å². The summed E-state index contributed by atoms with van der Waals surface area (Å²) in [7, 11) is -0.840. The smallest absolute Gasteiger partial charge is 0.330 e. The molecule has 1 amide bonds. The van der Waals surface area contributed by atoms with Gasteiger partial charge in [-0.25, -0.2) is 4.79 Å². The van der Waals surface area contributed by atoms with E-state index in [0.29, 0.717) is 30.5 Å². The van der Waals surface area contributed by atoms with Crippen molar-refractivity contribution in [1.82, 2.24) is 14.9 Å². The fourth-order valence-corrected chi connectivity index (χ4v) is 7.28. The van der Waals surface area contributed by atoms with E-state index in [1.54, 1.807) is 6.07 Å². The highest BCUT2D eigenvalue weighted by Gasteiger charge is 2.35. The Morgan fingerprint density at radius 2 is 1.63 bits per heavy atom. The van der Waals surface area contributed by atoms with Crippen LogP contribution in [0.5, 0.6) is 0 Å². The minimum atomic E-state index is -0.905. The zero-order valence-corrected chi connectivity index (χ0v) is 23.2. The maximum Gasteiger partial charge on any atom is 0.330 e. The summed E-state index contributed by atoms with van der Waals surface area (Å²) in [5, 5.41) is 25.7. The van der Waals surface area contributed by atoms with E-state index >= 15 is 0 Å². The zero-order chi connectivity index (χ0) is 28.8. The van der Waals surface area contributed by atoms with Crippen LogP contribution in [0.25, 0.3) is 0 Å². The first-order chi connectivity index (χ1) is 19.9. The molecule has 1 aromatic heterocycles. The van der Waals surface area contributed by atoms with Crippen molar-refractivity contribution in [2.45, 2.75) is 37.7 Å². The summed E-state index contributed by atoms with van der Waals surface area (Å²) >= 11 is 0. The maximum absolute atomic E-state index is 13.1. The van der Waals surface area contributed by atoms with Crippen molar-refractivity contribution in [1.29, 1.82) is 0 Å². The Morgan fingerprint density at radius 3 is 2.27 bits per heavy atom. The highest BCUT2D eigenvalue weighted by atomic mass is 31.1. The maximum atomic E-state index is 13.1. The number of ether oxygens (including phenoxy) is 1. The first-order valence-corrected chi connectivity index (χ1v) is 14.9. The Bertz CT molecular complexity index is 1550. The topological polar surface area (TPSA) is 134 Å². The van der Waals surface area contributed by atoms with E-state index < -0.39 is 37.6 Å². The molecule has 1 fully saturated rings. The molecule has 41 heavy (non-hydrogen) atoms. The standard InChI is InChI=1S/C31H32N3O6P/c35-20-27-26(36)18-28(40-27)34-19-22(30(38)33-31(34)39)10-8-16-32-29(37)21-9-7-15-25(17-21)41(23-11-3-1-4-12-23)24-13-5-2-6-14-24/h1-7,9,11-15,17,19,26-28,35-36H,8,10,16,18,20H2,(H,32,37)(H,33,38,39)/t26-,27+,28+/m0/s1. The molecule has 212 valence electrons. The molecule has 0 bridgehead atoms. The zero-order valence-electron chi connectivity index (χ0n) is 22.3. The van der Waals surface area contributed by atoms with Gasteiger partial charge in [0, 0.05) is 30.3 Å². The molecule has 2 heterocycles. The number of aromatic nitrogens is 2. The third-order valence-electron chi connectivity index (χ3n) is 7.04. The summed E-state index contributed by atoms with van der Waals surface area (Å²) in [6.45, 7) is -0.0373. The Hall–Kier alpha value is -3.88. The monoisotopic (exact) mass is 573 g/mol. The molecule has 0 aliphatic carbocycles. The molecule has 0 spiro atoms. The summed E-state index contributed by atoms with van der Waals surface area (Å²) in [4.78, 5) is 40.1. The molecule has 4 aromatic rings. The molecule has 0 radical (unpaired) electrons. The summed E-state index contributed by atoms with van der Waals surface area (Å²) in [6, 6.07) is 28.2. The Balaban J connectivity index is 1.24. The number of benzene rings is 3. The summed E-state index contributed by atoms with van der Waals surface area (Å²) in [5.41, 5.74) is -0.224. The summed E-state index contributed by atoms with van der Waals surface area (Å²) in [5.74, 6) is -0.204. The number of amides is 1. The number of aromatic amines is 1. The van der Waals surface area contributed by atoms with Crippen LogP contribution in [0.2, 0.25) is 0 Å². The SMILES string of the molecule is O=C(NCCCc1cn([C@H]2C[C@H](O)[C@@H](CO)O2)c(=O)[nH]c1=O)c1cccc(P(c2ccccc2)c2ccccc2)c1. The summed E-state index contributed by atoms with van der Waals surface area (Å²) < 4.78 is 6.79. The predicted molar refractivity (Wildman–Crippen MR) is 159 cm³/mol. The molecule has 4 N–H and O–H groups in total. The van der Waals surface area contributed by atoms with Gasteiger partial charge in [0.2, 0.25) is 0 Å². The van der Waals surface area contributed by atoms with Crippen molar-refractivity contribution < 1.29 is 19.7 Å². The number of rotatable bonds is 10. The minimum Gasteiger partial charge on any atom is -0.394 e. The molecule has 1 saturated heterocycles. The summed E-state index contributed by atoms with van der Waals surface area (Å²) in [6.07, 6.45) is -0.120. The number of carbonyl (C=O) groups is 1. The van der Waals surface area contributed by atoms with Crippen LogP contribution in [0, 0.1) is 0 Å². The molecule has 0 unspecified atom stereocenters. The average molecular weight is 574 g/mol. The number of carbonyl (C=O) groups excluding carboxylic acids is 1. The number of aliphatic hydroxyl groups is 2. The number of nitrogens with zero attached hydrogens (tertiary/aromatic N) is 1. The lowest BCUT2D eigenvalue weighted by Crippen LogP contribution is -2.34. The van der Waals surface area contributed by atoms with E-state index in [0.717, 1.165) is 5.30 Å². The fourth-order valence-electron chi connectivity index (χ4n) is 4.94. The number of aryl methyl sites for hydroxylation is 1. The lowest BCUT2D eigenvalue weighted by atomic mass is 10.1. The van der Waals surface area contributed by atoms with Gasteiger partial charge in [-0.15, -0.1) is 0 Å². The van der Waals surface area contributed by atoms with Crippen LogP contribution in [0.3, 0.4) is 0 Å². The predicted octanol–water partition coefficient (Wildman–Crippen LogP) is 1.30. The van der Waals surface area contributed by atoms with Gasteiger partial charge in [0.1, 0.15) is 12.3 Å². The van der Waals surface area contributed by atoms with Crippen molar-refractivity contribution in [2.24, 2.45) is 0 Å². The number of aliphatic hydroxyl groups excluding tert-OH is 2. The van der Waals surface area contributed by atoms with Gasteiger partial charge >= 0.3 is 5.69 Å². The highest BCUT2D eigenvalue weighted by molar-refractivity contribution is 7.79. The van der Waals surface area contributed by atoms with Gasteiger partial charge in [0.25, 0.3) is 11.5 Å². The van der Waals surface area contributed by atoms with E-state index in [4.69, 9.17) is 4.74 Å². The van der Waals surface area contributed by atoms with Crippen LogP contribution in [0.15, 0.2) is 101 Å². The second-order valence-electron chi connectivity index (χ2n) is 9.85. The number of nitrogens with one attached hydrogen (secondary N) is 2. The quantitative estimate of drug-likeness (QED) is 0.167. The van der Waals surface area contributed by atoms with E-state index in [1.165, 1.54) is 21.4 Å². The fraction of sp³-hybridized carbons (Fsp3) is 0.258. The third kappa shape index (κ3) is 6.72. The van der Waals surface area contributed by atoms with Crippen LogP contribution in [-0.2, 0) is 11.2 Å². The Morgan fingerprint density at radius 1 is 0.976 bits per heavy atom. The van der Waals surface area contributed by atoms with Crippen molar-refractivity contribution in [3.63, 3.8) is 0 Å². The van der Waals surface area contributed by atoms with Crippen LogP contribution < -0.4 is 32.5 Å². The molecular formula is C31H32N3O6P. The Labute approximate surface area is 238 Å². The lowest BCUT2D eigenvalue weighted by molar-refractivity contribution is -0.0460. The molecule has 3 atom stereocenters. The average Bonchev–Trinajstić information content (AvgIpc) is 3.37. The highest BCUT2D eigenvalue weighted by Crippen LogP contribution is 2.32. The van der Waals surface area contributed by atoms with E-state index in [-0.39, 0.29) is 18.9 Å². The van der Waals surface area contributed by atoms with Gasteiger partial charge in [-0.1, -0.05) is 72.8 Å². The Kier molecular flexibility index (Phi) is 9.21. The lowest BCUT2D eigenvalue weighted by Gasteiger charge is -2.20. The normalized spacial score (nSPS) is 18.5. The molecule has 5 rings (SSSR count). The molecule has 1 aliphatic heterocycles. The molecule has 10 heteroatoms. The number of hydrogen-bond donors (Lipinski definition) is 4. The van der Waals surface area contributed by atoms with Crippen LogP contribution in [-0.4, -0.2) is 51.0 Å². The molecule has 3 aromatic carbocycles. The number of H-pyrrole nitrogens is 1.